The minimum atomic E-state index is -0.108. The average molecular weight is 569 g/mol. The lowest BCUT2D eigenvalue weighted by molar-refractivity contribution is 0.415. The van der Waals surface area contributed by atoms with Gasteiger partial charge in [-0.2, -0.15) is 0 Å². The van der Waals surface area contributed by atoms with Crippen molar-refractivity contribution in [2.75, 3.05) is 7.11 Å². The normalized spacial score (nSPS) is 11.2. The maximum absolute atomic E-state index is 13.9. The summed E-state index contributed by atoms with van der Waals surface area (Å²) in [6, 6.07) is 40.2. The molecule has 0 N–H and O–H groups in total. The second kappa shape index (κ2) is 11.4. The van der Waals surface area contributed by atoms with E-state index in [1.165, 1.54) is 5.39 Å². The molecule has 0 bridgehead atoms. The molecule has 0 aliphatic heterocycles. The zero-order valence-electron chi connectivity index (χ0n) is 24.4. The van der Waals surface area contributed by atoms with Crippen molar-refractivity contribution in [2.24, 2.45) is 0 Å². The van der Waals surface area contributed by atoms with Crippen molar-refractivity contribution in [2.45, 2.75) is 6.92 Å². The van der Waals surface area contributed by atoms with Crippen molar-refractivity contribution in [3.63, 3.8) is 0 Å². The molecule has 210 valence electrons. The van der Waals surface area contributed by atoms with E-state index in [2.05, 4.69) is 54.3 Å². The molecule has 0 atom stereocenters. The number of para-hydroxylation sites is 1. The molecule has 0 unspecified atom stereocenters. The number of methoxy groups -OCH3 is 1. The highest BCUT2D eigenvalue weighted by Crippen LogP contribution is 2.23. The van der Waals surface area contributed by atoms with Crippen molar-refractivity contribution >= 4 is 44.6 Å². The average Bonchev–Trinajstić information content (AvgIpc) is 3.06. The van der Waals surface area contributed by atoms with Crippen LogP contribution in [0.2, 0.25) is 0 Å². The minimum Gasteiger partial charge on any atom is -0.497 e. The molecule has 0 fully saturated rings. The molecule has 1 heterocycles. The molecule has 0 aliphatic rings. The molecule has 0 spiro atoms. The van der Waals surface area contributed by atoms with Gasteiger partial charge < -0.3 is 4.74 Å². The van der Waals surface area contributed by atoms with Crippen LogP contribution in [0.5, 0.6) is 5.75 Å². The highest BCUT2D eigenvalue weighted by Gasteiger charge is 2.13. The van der Waals surface area contributed by atoms with Crippen LogP contribution < -0.4 is 10.3 Å². The summed E-state index contributed by atoms with van der Waals surface area (Å²) in [4.78, 5) is 18.8. The SMILES string of the molecule is COc1ccc2cc(C#Cc3ccc(-n4c(/C=C/c5ccc6ccccc6c5)nc5ccccc5c4=O)c(C)c3)ccc2c1. The van der Waals surface area contributed by atoms with E-state index in [1.54, 1.807) is 11.7 Å². The maximum Gasteiger partial charge on any atom is 0.266 e. The quantitative estimate of drug-likeness (QED) is 0.200. The molecule has 0 saturated heterocycles. The first-order valence-electron chi connectivity index (χ1n) is 14.5. The van der Waals surface area contributed by atoms with Crippen LogP contribution in [0, 0.1) is 18.8 Å². The van der Waals surface area contributed by atoms with Crippen LogP contribution in [0.4, 0.5) is 0 Å². The third kappa shape index (κ3) is 5.24. The molecule has 0 radical (unpaired) electrons. The first-order chi connectivity index (χ1) is 21.6. The number of aromatic nitrogens is 2. The lowest BCUT2D eigenvalue weighted by atomic mass is 10.1. The van der Waals surface area contributed by atoms with Gasteiger partial charge in [-0.05, 0) is 106 Å². The van der Waals surface area contributed by atoms with Gasteiger partial charge in [0, 0.05) is 11.1 Å². The van der Waals surface area contributed by atoms with Crippen LogP contribution in [-0.4, -0.2) is 16.7 Å². The summed E-state index contributed by atoms with van der Waals surface area (Å²) >= 11 is 0. The number of hydrogen-bond donors (Lipinski definition) is 0. The number of benzene rings is 6. The van der Waals surface area contributed by atoms with Crippen molar-refractivity contribution < 1.29 is 4.74 Å². The Morgan fingerprint density at radius 2 is 1.36 bits per heavy atom. The van der Waals surface area contributed by atoms with Gasteiger partial charge in [0.25, 0.3) is 5.56 Å². The molecule has 7 aromatic rings. The van der Waals surface area contributed by atoms with Crippen LogP contribution in [0.3, 0.4) is 0 Å². The van der Waals surface area contributed by atoms with Gasteiger partial charge in [0.15, 0.2) is 0 Å². The number of ether oxygens (including phenoxy) is 1. The van der Waals surface area contributed by atoms with Crippen LogP contribution in [0.15, 0.2) is 126 Å². The van der Waals surface area contributed by atoms with Crippen LogP contribution in [-0.2, 0) is 0 Å². The fraction of sp³-hybridized carbons (Fsp3) is 0.0500. The first kappa shape index (κ1) is 26.9. The highest BCUT2D eigenvalue weighted by molar-refractivity contribution is 5.87. The van der Waals surface area contributed by atoms with Gasteiger partial charge in [-0.15, -0.1) is 0 Å². The molecule has 0 amide bonds. The summed E-state index contributed by atoms with van der Waals surface area (Å²) < 4.78 is 7.04. The highest BCUT2D eigenvalue weighted by atomic mass is 16.5. The summed E-state index contributed by atoms with van der Waals surface area (Å²) in [7, 11) is 1.67. The standard InChI is InChI=1S/C40H28N2O2/c1-27-23-28(11-12-29-14-18-34-26-35(44-2)20-19-33(34)25-29)15-21-38(27)42-39(41-37-10-6-5-9-36(37)40(42)43)22-16-30-13-17-31-7-3-4-8-32(31)24-30/h3-10,13-26H,1-2H3/b22-16+. The zero-order chi connectivity index (χ0) is 30.0. The summed E-state index contributed by atoms with van der Waals surface area (Å²) in [5.74, 6) is 7.99. The Morgan fingerprint density at radius 3 is 2.20 bits per heavy atom. The van der Waals surface area contributed by atoms with E-state index in [1.807, 2.05) is 97.9 Å². The van der Waals surface area contributed by atoms with E-state index in [9.17, 15) is 4.79 Å². The Labute approximate surface area is 255 Å². The summed E-state index contributed by atoms with van der Waals surface area (Å²) in [6.07, 6.45) is 3.93. The van der Waals surface area contributed by atoms with Crippen LogP contribution in [0.25, 0.3) is 50.3 Å². The van der Waals surface area contributed by atoms with E-state index in [0.29, 0.717) is 16.7 Å². The second-order valence-electron chi connectivity index (χ2n) is 10.7. The summed E-state index contributed by atoms with van der Waals surface area (Å²) in [6.45, 7) is 2.00. The predicted molar refractivity (Wildman–Crippen MR) is 181 cm³/mol. The third-order valence-electron chi connectivity index (χ3n) is 7.84. The first-order valence-corrected chi connectivity index (χ1v) is 14.5. The maximum atomic E-state index is 13.9. The van der Waals surface area contributed by atoms with Crippen molar-refractivity contribution in [1.82, 2.24) is 9.55 Å². The molecule has 0 saturated carbocycles. The number of rotatable bonds is 4. The van der Waals surface area contributed by atoms with E-state index >= 15 is 0 Å². The van der Waals surface area contributed by atoms with Gasteiger partial charge in [-0.1, -0.05) is 78.6 Å². The summed E-state index contributed by atoms with van der Waals surface area (Å²) in [5, 5.41) is 5.14. The molecule has 4 heteroatoms. The largest absolute Gasteiger partial charge is 0.497 e. The number of aryl methyl sites for hydroxylation is 1. The number of hydrogen-bond acceptors (Lipinski definition) is 3. The molecule has 7 rings (SSSR count). The fourth-order valence-corrected chi connectivity index (χ4v) is 5.53. The van der Waals surface area contributed by atoms with Gasteiger partial charge in [0.1, 0.15) is 11.6 Å². The van der Waals surface area contributed by atoms with E-state index in [0.717, 1.165) is 49.8 Å². The van der Waals surface area contributed by atoms with Crippen LogP contribution >= 0.6 is 0 Å². The van der Waals surface area contributed by atoms with Gasteiger partial charge in [-0.25, -0.2) is 4.98 Å². The Bertz CT molecular complexity index is 2370. The molecule has 1 aromatic heterocycles. The smallest absolute Gasteiger partial charge is 0.266 e. The molecule has 44 heavy (non-hydrogen) atoms. The fourth-order valence-electron chi connectivity index (χ4n) is 5.53. The molecule has 6 aromatic carbocycles. The van der Waals surface area contributed by atoms with Gasteiger partial charge in [-0.3, -0.25) is 9.36 Å². The predicted octanol–water partition coefficient (Wildman–Crippen LogP) is 8.58. The molecule has 0 aliphatic carbocycles. The molecular weight excluding hydrogens is 540 g/mol. The van der Waals surface area contributed by atoms with Crippen molar-refractivity contribution in [3.05, 3.63) is 160 Å². The minimum absolute atomic E-state index is 0.108. The second-order valence-corrected chi connectivity index (χ2v) is 10.7. The lowest BCUT2D eigenvalue weighted by Gasteiger charge is -2.14. The van der Waals surface area contributed by atoms with Gasteiger partial charge >= 0.3 is 0 Å². The van der Waals surface area contributed by atoms with Crippen molar-refractivity contribution in [3.8, 4) is 23.3 Å². The topological polar surface area (TPSA) is 44.1 Å². The Kier molecular flexibility index (Phi) is 6.98. The zero-order valence-corrected chi connectivity index (χ0v) is 24.4. The Hall–Kier alpha value is -5.92. The van der Waals surface area contributed by atoms with Gasteiger partial charge in [0.2, 0.25) is 0 Å². The Morgan fingerprint density at radius 1 is 0.682 bits per heavy atom. The van der Waals surface area contributed by atoms with Gasteiger partial charge in [0.05, 0.1) is 23.7 Å². The summed E-state index contributed by atoms with van der Waals surface area (Å²) in [5.41, 5.74) is 5.10. The van der Waals surface area contributed by atoms with E-state index in [4.69, 9.17) is 9.72 Å². The van der Waals surface area contributed by atoms with Crippen LogP contribution in [0.1, 0.15) is 28.1 Å². The number of fused-ring (bicyclic) bond motifs is 3. The third-order valence-corrected chi connectivity index (χ3v) is 7.84. The lowest BCUT2D eigenvalue weighted by Crippen LogP contribution is -2.23. The molecule has 4 nitrogen and oxygen atoms in total. The van der Waals surface area contributed by atoms with Crippen molar-refractivity contribution in [1.29, 1.82) is 0 Å². The Balaban J connectivity index is 1.26. The van der Waals surface area contributed by atoms with E-state index < -0.39 is 0 Å². The number of nitrogens with zero attached hydrogens (tertiary/aromatic N) is 2. The monoisotopic (exact) mass is 568 g/mol. The van der Waals surface area contributed by atoms with E-state index in [-0.39, 0.29) is 5.56 Å². The molecular formula is C40H28N2O2.